The highest BCUT2D eigenvalue weighted by Gasteiger charge is 2.29. The smallest absolute Gasteiger partial charge is 0.249 e. The topological polar surface area (TPSA) is 73.6 Å². The Morgan fingerprint density at radius 1 is 1.38 bits per heavy atom. The fourth-order valence-corrected chi connectivity index (χ4v) is 2.91. The molecular formula is C16H22N2O3. The summed E-state index contributed by atoms with van der Waals surface area (Å²) in [5.74, 6) is 0.977. The third-order valence-corrected chi connectivity index (χ3v) is 4.13. The van der Waals surface area contributed by atoms with Crippen LogP contribution in [-0.2, 0) is 22.4 Å². The lowest BCUT2D eigenvalue weighted by molar-refractivity contribution is -0.131. The van der Waals surface area contributed by atoms with Crippen LogP contribution in [0.15, 0.2) is 18.2 Å². The molecule has 0 aliphatic carbocycles. The second kappa shape index (κ2) is 6.45. The fraction of sp³-hybridized carbons (Fsp3) is 0.562. The van der Waals surface area contributed by atoms with Crippen molar-refractivity contribution in [3.63, 3.8) is 0 Å². The van der Waals surface area contributed by atoms with Crippen LogP contribution in [0.1, 0.15) is 24.0 Å². The first kappa shape index (κ1) is 14.4. The number of nitrogens with two attached hydrogens (primary N) is 1. The number of nitrogens with one attached hydrogen (secondary N) is 1. The normalized spacial score (nSPS) is 23.7. The Kier molecular flexibility index (Phi) is 4.41. The van der Waals surface area contributed by atoms with E-state index in [1.807, 2.05) is 6.07 Å². The van der Waals surface area contributed by atoms with Crippen molar-refractivity contribution in [2.45, 2.75) is 37.9 Å². The molecule has 114 valence electrons. The molecule has 2 aliphatic rings. The van der Waals surface area contributed by atoms with E-state index in [-0.39, 0.29) is 18.1 Å². The van der Waals surface area contributed by atoms with Gasteiger partial charge in [-0.05, 0) is 36.5 Å². The monoisotopic (exact) mass is 290 g/mol. The van der Waals surface area contributed by atoms with Crippen LogP contribution in [0, 0.1) is 0 Å². The van der Waals surface area contributed by atoms with Gasteiger partial charge in [0.2, 0.25) is 5.91 Å². The van der Waals surface area contributed by atoms with Crippen molar-refractivity contribution in [2.24, 2.45) is 5.73 Å². The Hall–Kier alpha value is -1.59. The summed E-state index contributed by atoms with van der Waals surface area (Å²) in [6.07, 6.45) is 3.16. The molecule has 5 heteroatoms. The molecule has 1 fully saturated rings. The number of fused-ring (bicyclic) bond motifs is 1. The summed E-state index contributed by atoms with van der Waals surface area (Å²) in [5, 5.41) is 2.95. The van der Waals surface area contributed by atoms with Crippen LogP contribution in [0.4, 0.5) is 0 Å². The van der Waals surface area contributed by atoms with E-state index in [9.17, 15) is 4.79 Å². The summed E-state index contributed by atoms with van der Waals surface area (Å²) < 4.78 is 11.1. The zero-order valence-electron chi connectivity index (χ0n) is 12.1. The molecule has 1 amide bonds. The highest BCUT2D eigenvalue weighted by molar-refractivity contribution is 5.81. The molecule has 2 heterocycles. The van der Waals surface area contributed by atoms with E-state index in [1.54, 1.807) is 0 Å². The van der Waals surface area contributed by atoms with Gasteiger partial charge in [0, 0.05) is 19.5 Å². The van der Waals surface area contributed by atoms with Crippen LogP contribution in [0.5, 0.6) is 5.75 Å². The molecule has 1 aromatic rings. The van der Waals surface area contributed by atoms with Crippen LogP contribution < -0.4 is 15.8 Å². The average Bonchev–Trinajstić information content (AvgIpc) is 3.15. The molecule has 0 bridgehead atoms. The minimum Gasteiger partial charge on any atom is -0.493 e. The Morgan fingerprint density at radius 2 is 2.29 bits per heavy atom. The number of ether oxygens (including phenoxy) is 2. The first-order valence-electron chi connectivity index (χ1n) is 7.64. The van der Waals surface area contributed by atoms with E-state index in [0.717, 1.165) is 38.0 Å². The predicted molar refractivity (Wildman–Crippen MR) is 79.3 cm³/mol. The Bertz CT molecular complexity index is 518. The van der Waals surface area contributed by atoms with Gasteiger partial charge in [0.15, 0.2) is 0 Å². The van der Waals surface area contributed by atoms with Gasteiger partial charge in [0.1, 0.15) is 11.9 Å². The summed E-state index contributed by atoms with van der Waals surface area (Å²) in [6, 6.07) is 6.25. The van der Waals surface area contributed by atoms with E-state index in [0.29, 0.717) is 13.1 Å². The largest absolute Gasteiger partial charge is 0.493 e. The van der Waals surface area contributed by atoms with Crippen LogP contribution >= 0.6 is 0 Å². The molecule has 1 saturated heterocycles. The zero-order valence-corrected chi connectivity index (χ0v) is 12.1. The van der Waals surface area contributed by atoms with Gasteiger partial charge in [-0.1, -0.05) is 12.1 Å². The van der Waals surface area contributed by atoms with Crippen LogP contribution in [0.2, 0.25) is 0 Å². The molecule has 0 radical (unpaired) electrons. The van der Waals surface area contributed by atoms with Crippen molar-refractivity contribution in [3.05, 3.63) is 29.3 Å². The summed E-state index contributed by atoms with van der Waals surface area (Å²) in [6.45, 7) is 1.89. The van der Waals surface area contributed by atoms with E-state index in [2.05, 4.69) is 17.4 Å². The predicted octanol–water partition coefficient (Wildman–Crippen LogP) is 0.786. The van der Waals surface area contributed by atoms with Crippen molar-refractivity contribution in [3.8, 4) is 5.75 Å². The van der Waals surface area contributed by atoms with Gasteiger partial charge in [-0.15, -0.1) is 0 Å². The van der Waals surface area contributed by atoms with Gasteiger partial charge >= 0.3 is 0 Å². The lowest BCUT2D eigenvalue weighted by atomic mass is 10.1. The molecule has 0 unspecified atom stereocenters. The zero-order chi connectivity index (χ0) is 14.7. The number of carbonyl (C=O) groups excluding carboxylic acids is 1. The lowest BCUT2D eigenvalue weighted by Crippen LogP contribution is -2.36. The van der Waals surface area contributed by atoms with Crippen molar-refractivity contribution >= 4 is 5.91 Å². The third-order valence-electron chi connectivity index (χ3n) is 4.13. The minimum atomic E-state index is -0.327. The van der Waals surface area contributed by atoms with Gasteiger partial charge in [-0.3, -0.25) is 4.79 Å². The maximum atomic E-state index is 12.0. The van der Waals surface area contributed by atoms with E-state index in [1.165, 1.54) is 11.1 Å². The maximum Gasteiger partial charge on any atom is 0.249 e. The molecule has 5 nitrogen and oxygen atoms in total. The minimum absolute atomic E-state index is 0.0181. The third kappa shape index (κ3) is 3.36. The molecule has 2 atom stereocenters. The number of amides is 1. The number of carbonyl (C=O) groups is 1. The van der Waals surface area contributed by atoms with Gasteiger partial charge in [-0.25, -0.2) is 0 Å². The summed E-state index contributed by atoms with van der Waals surface area (Å²) in [7, 11) is 0. The summed E-state index contributed by atoms with van der Waals surface area (Å²) >= 11 is 0. The van der Waals surface area contributed by atoms with Crippen molar-refractivity contribution in [1.29, 1.82) is 0 Å². The number of hydrogen-bond donors (Lipinski definition) is 2. The number of rotatable bonds is 5. The van der Waals surface area contributed by atoms with Crippen molar-refractivity contribution in [1.82, 2.24) is 5.32 Å². The average molecular weight is 290 g/mol. The second-order valence-electron chi connectivity index (χ2n) is 5.64. The van der Waals surface area contributed by atoms with Gasteiger partial charge in [0.05, 0.1) is 12.7 Å². The highest BCUT2D eigenvalue weighted by atomic mass is 16.5. The first-order valence-corrected chi connectivity index (χ1v) is 7.64. The van der Waals surface area contributed by atoms with E-state index < -0.39 is 0 Å². The van der Waals surface area contributed by atoms with Crippen LogP contribution in [-0.4, -0.2) is 37.8 Å². The van der Waals surface area contributed by atoms with Crippen LogP contribution in [0.25, 0.3) is 0 Å². The fourth-order valence-electron chi connectivity index (χ4n) is 2.91. The van der Waals surface area contributed by atoms with E-state index in [4.69, 9.17) is 15.2 Å². The SMILES string of the molecule is NC[C@H]1CC[C@@H](C(=O)NCCc2ccc3c(c2)CCO3)O1. The Labute approximate surface area is 124 Å². The Balaban J connectivity index is 1.45. The Morgan fingerprint density at radius 3 is 3.10 bits per heavy atom. The molecule has 0 saturated carbocycles. The standard InChI is InChI=1S/C16H22N2O3/c17-10-13-2-4-15(21-13)16(19)18-7-5-11-1-3-14-12(9-11)6-8-20-14/h1,3,9,13,15H,2,4-8,10,17H2,(H,18,19)/t13-,15+/m1/s1. The quantitative estimate of drug-likeness (QED) is 0.841. The highest BCUT2D eigenvalue weighted by Crippen LogP contribution is 2.26. The number of hydrogen-bond acceptors (Lipinski definition) is 4. The second-order valence-corrected chi connectivity index (χ2v) is 5.64. The van der Waals surface area contributed by atoms with Crippen molar-refractivity contribution in [2.75, 3.05) is 19.7 Å². The lowest BCUT2D eigenvalue weighted by Gasteiger charge is -2.12. The van der Waals surface area contributed by atoms with E-state index >= 15 is 0 Å². The summed E-state index contributed by atoms with van der Waals surface area (Å²) in [4.78, 5) is 12.0. The van der Waals surface area contributed by atoms with Gasteiger partial charge in [-0.2, -0.15) is 0 Å². The molecule has 3 rings (SSSR count). The molecule has 1 aromatic carbocycles. The maximum absolute atomic E-state index is 12.0. The molecule has 0 aromatic heterocycles. The molecule has 21 heavy (non-hydrogen) atoms. The number of benzene rings is 1. The summed E-state index contributed by atoms with van der Waals surface area (Å²) in [5.41, 5.74) is 8.05. The van der Waals surface area contributed by atoms with Gasteiger partial charge < -0.3 is 20.5 Å². The molecule has 0 spiro atoms. The van der Waals surface area contributed by atoms with Crippen LogP contribution in [0.3, 0.4) is 0 Å². The van der Waals surface area contributed by atoms with Gasteiger partial charge in [0.25, 0.3) is 0 Å². The first-order chi connectivity index (χ1) is 10.3. The molecule has 2 aliphatic heterocycles. The van der Waals surface area contributed by atoms with Crippen molar-refractivity contribution < 1.29 is 14.3 Å². The molecule has 3 N–H and O–H groups in total. The molecular weight excluding hydrogens is 268 g/mol.